The predicted octanol–water partition coefficient (Wildman–Crippen LogP) is 5.00. The Bertz CT molecular complexity index is 1590. The highest BCUT2D eigenvalue weighted by molar-refractivity contribution is 7.20. The molecular formula is C24H16F3N5O2S. The van der Waals surface area contributed by atoms with Gasteiger partial charge in [-0.3, -0.25) is 9.59 Å². The van der Waals surface area contributed by atoms with E-state index >= 15 is 0 Å². The molecule has 176 valence electrons. The first kappa shape index (κ1) is 22.5. The van der Waals surface area contributed by atoms with Gasteiger partial charge in [0.2, 0.25) is 10.1 Å². The Balaban J connectivity index is 1.25. The molecule has 35 heavy (non-hydrogen) atoms. The van der Waals surface area contributed by atoms with E-state index in [4.69, 9.17) is 0 Å². The molecule has 0 saturated heterocycles. The number of aromatic nitrogens is 3. The fourth-order valence-corrected chi connectivity index (χ4v) is 4.25. The Labute approximate surface area is 199 Å². The Morgan fingerprint density at radius 3 is 2.40 bits per heavy atom. The number of fused-ring (bicyclic) bond motifs is 2. The van der Waals surface area contributed by atoms with Crippen LogP contribution in [0, 0.1) is 0 Å². The Kier molecular flexibility index (Phi) is 5.69. The summed E-state index contributed by atoms with van der Waals surface area (Å²) in [6.45, 7) is 0.0960. The number of halogens is 3. The molecule has 7 nitrogen and oxygen atoms in total. The van der Waals surface area contributed by atoms with E-state index in [1.165, 1.54) is 28.0 Å². The number of carbonyl (C=O) groups is 1. The summed E-state index contributed by atoms with van der Waals surface area (Å²) >= 11 is 1.22. The molecule has 0 bridgehead atoms. The highest BCUT2D eigenvalue weighted by Crippen LogP contribution is 2.29. The van der Waals surface area contributed by atoms with Crippen molar-refractivity contribution in [2.45, 2.75) is 12.7 Å². The van der Waals surface area contributed by atoms with E-state index in [2.05, 4.69) is 20.7 Å². The van der Waals surface area contributed by atoms with Gasteiger partial charge in [0, 0.05) is 17.8 Å². The molecule has 5 rings (SSSR count). The maximum absolute atomic E-state index is 12.7. The zero-order valence-electron chi connectivity index (χ0n) is 17.8. The number of nitrogens with one attached hydrogen (secondary N) is 2. The maximum atomic E-state index is 12.7. The topological polar surface area (TPSA) is 88.4 Å². The van der Waals surface area contributed by atoms with Crippen LogP contribution in [0.15, 0.2) is 77.6 Å². The molecule has 5 aromatic rings. The van der Waals surface area contributed by atoms with Crippen LogP contribution in [-0.2, 0) is 12.7 Å². The first-order chi connectivity index (χ1) is 16.8. The molecule has 0 aliphatic rings. The number of hydrogen-bond donors (Lipinski definition) is 2. The molecule has 2 heterocycles. The van der Waals surface area contributed by atoms with Crippen molar-refractivity contribution in [3.05, 3.63) is 99.8 Å². The lowest BCUT2D eigenvalue weighted by atomic mass is 10.1. The van der Waals surface area contributed by atoms with Crippen molar-refractivity contribution >= 4 is 43.9 Å². The van der Waals surface area contributed by atoms with Gasteiger partial charge in [0.05, 0.1) is 16.5 Å². The van der Waals surface area contributed by atoms with Crippen molar-refractivity contribution in [1.82, 2.24) is 19.9 Å². The molecule has 1 amide bonds. The second-order valence-electron chi connectivity index (χ2n) is 7.62. The average Bonchev–Trinajstić information content (AvgIpc) is 3.25. The van der Waals surface area contributed by atoms with Gasteiger partial charge in [0.1, 0.15) is 0 Å². The summed E-state index contributed by atoms with van der Waals surface area (Å²) in [4.78, 5) is 30.0. The number of anilines is 2. The lowest BCUT2D eigenvalue weighted by Crippen LogP contribution is -2.22. The first-order valence-electron chi connectivity index (χ1n) is 10.4. The molecule has 0 radical (unpaired) electrons. The number of hydrogen-bond acceptors (Lipinski definition) is 6. The number of rotatable bonds is 5. The van der Waals surface area contributed by atoms with E-state index in [1.54, 1.807) is 42.5 Å². The maximum Gasteiger partial charge on any atom is 0.416 e. The third kappa shape index (κ3) is 4.71. The second kappa shape index (κ2) is 8.84. The van der Waals surface area contributed by atoms with Crippen molar-refractivity contribution < 1.29 is 18.0 Å². The standard InChI is InChI=1S/C24H16F3N5O2S/c25-24(26,27)16-9-5-14(6-10-16)13-28-20(33)15-7-11-17(12-8-15)29-22-31-32-21(34)18-3-1-2-4-19(18)30-23(32)35-22/h1-12H,13H2,(H,28,33)(H,29,31). The summed E-state index contributed by atoms with van der Waals surface area (Å²) in [7, 11) is 0. The van der Waals surface area contributed by atoms with E-state index in [-0.39, 0.29) is 18.0 Å². The average molecular weight is 495 g/mol. The van der Waals surface area contributed by atoms with Gasteiger partial charge in [-0.15, -0.1) is 5.10 Å². The minimum atomic E-state index is -4.40. The molecule has 0 spiro atoms. The van der Waals surface area contributed by atoms with Crippen molar-refractivity contribution in [1.29, 1.82) is 0 Å². The SMILES string of the molecule is O=C(NCc1ccc(C(F)(F)F)cc1)c1ccc(Nc2nn3c(=O)c4ccccc4nc3s2)cc1. The molecule has 0 fully saturated rings. The van der Waals surface area contributed by atoms with Crippen LogP contribution in [0.3, 0.4) is 0 Å². The van der Waals surface area contributed by atoms with Crippen LogP contribution in [0.5, 0.6) is 0 Å². The van der Waals surface area contributed by atoms with Crippen molar-refractivity contribution in [2.24, 2.45) is 0 Å². The number of alkyl halides is 3. The Morgan fingerprint density at radius 2 is 1.69 bits per heavy atom. The number of nitrogens with zero attached hydrogens (tertiary/aromatic N) is 3. The summed E-state index contributed by atoms with van der Waals surface area (Å²) < 4.78 is 39.2. The third-order valence-electron chi connectivity index (χ3n) is 5.24. The van der Waals surface area contributed by atoms with Gasteiger partial charge in [-0.1, -0.05) is 35.6 Å². The molecule has 0 unspecified atom stereocenters. The minimum Gasteiger partial charge on any atom is -0.348 e. The number of carbonyl (C=O) groups excluding carboxylic acids is 1. The lowest BCUT2D eigenvalue weighted by Gasteiger charge is -2.09. The molecule has 0 aliphatic carbocycles. The summed E-state index contributed by atoms with van der Waals surface area (Å²) in [5.74, 6) is -0.362. The van der Waals surface area contributed by atoms with Gasteiger partial charge in [0.25, 0.3) is 11.5 Å². The van der Waals surface area contributed by atoms with Crippen molar-refractivity contribution in [3.8, 4) is 0 Å². The quantitative estimate of drug-likeness (QED) is 0.358. The van der Waals surface area contributed by atoms with Crippen molar-refractivity contribution in [2.75, 3.05) is 5.32 Å². The summed E-state index contributed by atoms with van der Waals surface area (Å²) in [5.41, 5.74) is 1.20. The van der Waals surface area contributed by atoms with Crippen LogP contribution >= 0.6 is 11.3 Å². The molecule has 0 aliphatic heterocycles. The van der Waals surface area contributed by atoms with Crippen LogP contribution in [0.25, 0.3) is 15.9 Å². The molecule has 2 aromatic heterocycles. The van der Waals surface area contributed by atoms with Crippen LogP contribution in [0.2, 0.25) is 0 Å². The smallest absolute Gasteiger partial charge is 0.348 e. The van der Waals surface area contributed by atoms with Crippen LogP contribution in [-0.4, -0.2) is 20.5 Å². The fourth-order valence-electron chi connectivity index (χ4n) is 3.43. The normalized spacial score (nSPS) is 11.6. The Hall–Kier alpha value is -4.25. The van der Waals surface area contributed by atoms with Gasteiger partial charge < -0.3 is 10.6 Å². The molecule has 11 heteroatoms. The van der Waals surface area contributed by atoms with E-state index in [0.717, 1.165) is 12.1 Å². The first-order valence-corrected chi connectivity index (χ1v) is 11.2. The van der Waals surface area contributed by atoms with Crippen LogP contribution in [0.1, 0.15) is 21.5 Å². The third-order valence-corrected chi connectivity index (χ3v) is 6.06. The highest BCUT2D eigenvalue weighted by Gasteiger charge is 2.29. The number of benzene rings is 3. The number of amides is 1. The zero-order chi connectivity index (χ0) is 24.6. The molecule has 3 aromatic carbocycles. The van der Waals surface area contributed by atoms with Crippen molar-refractivity contribution in [3.63, 3.8) is 0 Å². The molecular weight excluding hydrogens is 479 g/mol. The summed E-state index contributed by atoms with van der Waals surface area (Å²) in [6, 6.07) is 18.3. The highest BCUT2D eigenvalue weighted by atomic mass is 32.1. The molecule has 0 saturated carbocycles. The van der Waals surface area contributed by atoms with E-state index < -0.39 is 11.7 Å². The van der Waals surface area contributed by atoms with Gasteiger partial charge in [-0.05, 0) is 54.1 Å². The lowest BCUT2D eigenvalue weighted by molar-refractivity contribution is -0.137. The summed E-state index contributed by atoms with van der Waals surface area (Å²) in [5, 5.41) is 11.0. The van der Waals surface area contributed by atoms with Crippen LogP contribution < -0.4 is 16.2 Å². The van der Waals surface area contributed by atoms with E-state index in [9.17, 15) is 22.8 Å². The van der Waals surface area contributed by atoms with E-state index in [1.807, 2.05) is 6.07 Å². The van der Waals surface area contributed by atoms with Gasteiger partial charge in [-0.25, -0.2) is 4.98 Å². The zero-order valence-corrected chi connectivity index (χ0v) is 18.7. The van der Waals surface area contributed by atoms with Gasteiger partial charge >= 0.3 is 6.18 Å². The minimum absolute atomic E-state index is 0.0960. The Morgan fingerprint density at radius 1 is 0.971 bits per heavy atom. The van der Waals surface area contributed by atoms with E-state index in [0.29, 0.717) is 37.8 Å². The second-order valence-corrected chi connectivity index (χ2v) is 8.57. The monoisotopic (exact) mass is 495 g/mol. The largest absolute Gasteiger partial charge is 0.416 e. The molecule has 2 N–H and O–H groups in total. The predicted molar refractivity (Wildman–Crippen MR) is 127 cm³/mol. The molecule has 0 atom stereocenters. The van der Waals surface area contributed by atoms with Crippen LogP contribution in [0.4, 0.5) is 24.0 Å². The fraction of sp³-hybridized carbons (Fsp3) is 0.0833. The summed E-state index contributed by atoms with van der Waals surface area (Å²) in [6.07, 6.45) is -4.40. The van der Waals surface area contributed by atoms with Gasteiger partial charge in [-0.2, -0.15) is 17.7 Å². The number of para-hydroxylation sites is 1. The van der Waals surface area contributed by atoms with Gasteiger partial charge in [0.15, 0.2) is 0 Å².